The summed E-state index contributed by atoms with van der Waals surface area (Å²) in [5.41, 5.74) is 1.53. The van der Waals surface area contributed by atoms with Crippen molar-refractivity contribution in [1.82, 2.24) is 10.3 Å². The molecule has 0 fully saturated rings. The molecule has 1 unspecified atom stereocenters. The lowest BCUT2D eigenvalue weighted by Crippen LogP contribution is -2.39. The fraction of sp³-hybridized carbons (Fsp3) is 0.333. The van der Waals surface area contributed by atoms with Crippen molar-refractivity contribution >= 4 is 22.6 Å². The molecular formula is C15H19N3O. The molecule has 4 nitrogen and oxygen atoms in total. The Balaban J connectivity index is 2.15. The largest absolute Gasteiger partial charge is 0.335 e. The second-order valence-electron chi connectivity index (χ2n) is 5.01. The summed E-state index contributed by atoms with van der Waals surface area (Å²) in [6, 6.07) is 9.53. The highest BCUT2D eigenvalue weighted by molar-refractivity contribution is 5.99. The molecule has 1 heterocycles. The van der Waals surface area contributed by atoms with E-state index in [0.717, 1.165) is 16.6 Å². The van der Waals surface area contributed by atoms with Crippen molar-refractivity contribution < 1.29 is 4.79 Å². The molecule has 0 saturated carbocycles. The van der Waals surface area contributed by atoms with Gasteiger partial charge in [-0.2, -0.15) is 0 Å². The zero-order valence-electron chi connectivity index (χ0n) is 11.5. The van der Waals surface area contributed by atoms with Crippen molar-refractivity contribution in [2.45, 2.75) is 26.8 Å². The van der Waals surface area contributed by atoms with Crippen molar-refractivity contribution in [3.05, 3.63) is 36.5 Å². The number of urea groups is 1. The lowest BCUT2D eigenvalue weighted by molar-refractivity contribution is 0.246. The van der Waals surface area contributed by atoms with Crippen LogP contribution in [0.4, 0.5) is 10.5 Å². The third-order valence-electron chi connectivity index (χ3n) is 3.24. The molecule has 0 aliphatic heterocycles. The fourth-order valence-corrected chi connectivity index (χ4v) is 1.74. The number of fused-ring (bicyclic) bond motifs is 1. The van der Waals surface area contributed by atoms with Gasteiger partial charge in [-0.15, -0.1) is 0 Å². The Morgan fingerprint density at radius 3 is 2.63 bits per heavy atom. The number of carbonyl (C=O) groups is 1. The molecular weight excluding hydrogens is 238 g/mol. The molecule has 100 valence electrons. The third-order valence-corrected chi connectivity index (χ3v) is 3.24. The van der Waals surface area contributed by atoms with Crippen LogP contribution in [0.5, 0.6) is 0 Å². The van der Waals surface area contributed by atoms with Crippen molar-refractivity contribution in [1.29, 1.82) is 0 Å². The van der Waals surface area contributed by atoms with E-state index in [0.29, 0.717) is 5.92 Å². The molecule has 0 radical (unpaired) electrons. The molecule has 2 amide bonds. The van der Waals surface area contributed by atoms with Gasteiger partial charge in [0.1, 0.15) is 0 Å². The smallest absolute Gasteiger partial charge is 0.319 e. The molecule has 0 bridgehead atoms. The van der Waals surface area contributed by atoms with Gasteiger partial charge in [-0.1, -0.05) is 32.0 Å². The van der Waals surface area contributed by atoms with Crippen LogP contribution in [0.25, 0.3) is 10.9 Å². The maximum Gasteiger partial charge on any atom is 0.319 e. The Labute approximate surface area is 113 Å². The van der Waals surface area contributed by atoms with Crippen LogP contribution in [0.15, 0.2) is 36.5 Å². The first-order valence-electron chi connectivity index (χ1n) is 6.49. The van der Waals surface area contributed by atoms with Crippen LogP contribution in [0, 0.1) is 5.92 Å². The topological polar surface area (TPSA) is 54.0 Å². The number of hydrogen-bond acceptors (Lipinski definition) is 2. The van der Waals surface area contributed by atoms with Gasteiger partial charge in [0, 0.05) is 17.6 Å². The number of para-hydroxylation sites is 1. The summed E-state index contributed by atoms with van der Waals surface area (Å²) in [4.78, 5) is 16.2. The van der Waals surface area contributed by atoms with Crippen molar-refractivity contribution in [3.8, 4) is 0 Å². The van der Waals surface area contributed by atoms with Crippen LogP contribution >= 0.6 is 0 Å². The zero-order chi connectivity index (χ0) is 13.8. The number of nitrogens with one attached hydrogen (secondary N) is 2. The van der Waals surface area contributed by atoms with E-state index in [1.807, 2.05) is 37.3 Å². The van der Waals surface area contributed by atoms with Gasteiger partial charge in [0.2, 0.25) is 0 Å². The van der Waals surface area contributed by atoms with Crippen LogP contribution in [0.3, 0.4) is 0 Å². The molecule has 0 spiro atoms. The van der Waals surface area contributed by atoms with Crippen LogP contribution in [-0.2, 0) is 0 Å². The first-order chi connectivity index (χ1) is 9.08. The average Bonchev–Trinajstić information content (AvgIpc) is 2.39. The number of amides is 2. The molecule has 0 aliphatic carbocycles. The third kappa shape index (κ3) is 3.22. The minimum absolute atomic E-state index is 0.128. The molecule has 4 heteroatoms. The molecule has 2 rings (SSSR count). The predicted octanol–water partition coefficient (Wildman–Crippen LogP) is 3.40. The van der Waals surface area contributed by atoms with Crippen molar-refractivity contribution in [3.63, 3.8) is 0 Å². The molecule has 0 aliphatic rings. The van der Waals surface area contributed by atoms with E-state index >= 15 is 0 Å². The van der Waals surface area contributed by atoms with Gasteiger partial charge in [0.05, 0.1) is 11.2 Å². The molecule has 19 heavy (non-hydrogen) atoms. The highest BCUT2D eigenvalue weighted by Crippen LogP contribution is 2.20. The van der Waals surface area contributed by atoms with Crippen LogP contribution < -0.4 is 10.6 Å². The summed E-state index contributed by atoms with van der Waals surface area (Å²) in [6.45, 7) is 6.14. The molecule has 1 aromatic heterocycles. The number of anilines is 1. The Bertz CT molecular complexity index is 575. The number of pyridine rings is 1. The quantitative estimate of drug-likeness (QED) is 0.885. The summed E-state index contributed by atoms with van der Waals surface area (Å²) >= 11 is 0. The predicted molar refractivity (Wildman–Crippen MR) is 78.2 cm³/mol. The SMILES string of the molecule is CC(C)C(C)NC(=O)Nc1cccc2cccnc12. The zero-order valence-corrected chi connectivity index (χ0v) is 11.5. The van der Waals surface area contributed by atoms with Gasteiger partial charge in [-0.25, -0.2) is 4.79 Å². The van der Waals surface area contributed by atoms with E-state index < -0.39 is 0 Å². The lowest BCUT2D eigenvalue weighted by atomic mass is 10.1. The summed E-state index contributed by atoms with van der Waals surface area (Å²) < 4.78 is 0. The minimum Gasteiger partial charge on any atom is -0.335 e. The second-order valence-corrected chi connectivity index (χ2v) is 5.01. The maximum absolute atomic E-state index is 11.9. The van der Waals surface area contributed by atoms with Crippen molar-refractivity contribution in [2.24, 2.45) is 5.92 Å². The van der Waals surface area contributed by atoms with E-state index in [1.165, 1.54) is 0 Å². The summed E-state index contributed by atoms with van der Waals surface area (Å²) in [7, 11) is 0. The van der Waals surface area contributed by atoms with E-state index in [-0.39, 0.29) is 12.1 Å². The lowest BCUT2D eigenvalue weighted by Gasteiger charge is -2.18. The highest BCUT2D eigenvalue weighted by atomic mass is 16.2. The van der Waals surface area contributed by atoms with Gasteiger partial charge >= 0.3 is 6.03 Å². The minimum atomic E-state index is -0.195. The second kappa shape index (κ2) is 5.69. The first-order valence-corrected chi connectivity index (χ1v) is 6.49. The Hall–Kier alpha value is -2.10. The Morgan fingerprint density at radius 2 is 1.89 bits per heavy atom. The van der Waals surface area contributed by atoms with Crippen LogP contribution in [-0.4, -0.2) is 17.1 Å². The van der Waals surface area contributed by atoms with Crippen molar-refractivity contribution in [2.75, 3.05) is 5.32 Å². The van der Waals surface area contributed by atoms with Gasteiger partial charge in [0.25, 0.3) is 0 Å². The number of rotatable bonds is 3. The molecule has 2 aromatic rings. The molecule has 2 N–H and O–H groups in total. The fourth-order valence-electron chi connectivity index (χ4n) is 1.74. The van der Waals surface area contributed by atoms with Gasteiger partial charge in [-0.05, 0) is 25.0 Å². The maximum atomic E-state index is 11.9. The molecule has 1 atom stereocenters. The molecule has 1 aromatic carbocycles. The number of benzene rings is 1. The van der Waals surface area contributed by atoms with Crippen LogP contribution in [0.1, 0.15) is 20.8 Å². The molecule has 0 saturated heterocycles. The monoisotopic (exact) mass is 257 g/mol. The number of aromatic nitrogens is 1. The summed E-state index contributed by atoms with van der Waals surface area (Å²) in [6.07, 6.45) is 1.72. The Morgan fingerprint density at radius 1 is 1.16 bits per heavy atom. The van der Waals surface area contributed by atoms with E-state index in [9.17, 15) is 4.79 Å². The first kappa shape index (κ1) is 13.3. The Kier molecular flexibility index (Phi) is 4.00. The van der Waals surface area contributed by atoms with E-state index in [2.05, 4.69) is 29.5 Å². The van der Waals surface area contributed by atoms with Crippen LogP contribution in [0.2, 0.25) is 0 Å². The number of hydrogen-bond donors (Lipinski definition) is 2. The standard InChI is InChI=1S/C15H19N3O/c1-10(2)11(3)17-15(19)18-13-8-4-6-12-7-5-9-16-14(12)13/h4-11H,1-3H3,(H2,17,18,19). The normalized spacial score (nSPS) is 12.4. The van der Waals surface area contributed by atoms with Gasteiger partial charge in [-0.3, -0.25) is 4.98 Å². The average molecular weight is 257 g/mol. The van der Waals surface area contributed by atoms with E-state index in [4.69, 9.17) is 0 Å². The van der Waals surface area contributed by atoms with Gasteiger partial charge < -0.3 is 10.6 Å². The highest BCUT2D eigenvalue weighted by Gasteiger charge is 2.11. The summed E-state index contributed by atoms with van der Waals surface area (Å²) in [5, 5.41) is 6.78. The number of nitrogens with zero attached hydrogens (tertiary/aromatic N) is 1. The van der Waals surface area contributed by atoms with Gasteiger partial charge in [0.15, 0.2) is 0 Å². The van der Waals surface area contributed by atoms with E-state index in [1.54, 1.807) is 6.20 Å². The number of carbonyl (C=O) groups excluding carboxylic acids is 1. The summed E-state index contributed by atoms with van der Waals surface area (Å²) in [5.74, 6) is 0.399.